The lowest BCUT2D eigenvalue weighted by Crippen LogP contribution is -2.02. The SMILES string of the molecule is Fc1c(F)c(CBr)c(F)c(F)c1Br. The van der Waals surface area contributed by atoms with Gasteiger partial charge in [0.25, 0.3) is 0 Å². The van der Waals surface area contributed by atoms with Crippen molar-refractivity contribution in [3.63, 3.8) is 0 Å². The minimum atomic E-state index is -1.42. The summed E-state index contributed by atoms with van der Waals surface area (Å²) in [5, 5.41) is -0.286. The topological polar surface area (TPSA) is 0 Å². The van der Waals surface area contributed by atoms with Gasteiger partial charge in [0, 0.05) is 10.9 Å². The Labute approximate surface area is 88.2 Å². The number of benzene rings is 1. The van der Waals surface area contributed by atoms with Crippen LogP contribution in [0.4, 0.5) is 17.6 Å². The van der Waals surface area contributed by atoms with E-state index < -0.39 is 33.3 Å². The summed E-state index contributed by atoms with van der Waals surface area (Å²) in [7, 11) is 0. The third kappa shape index (κ3) is 1.74. The van der Waals surface area contributed by atoms with Crippen molar-refractivity contribution in [3.8, 4) is 0 Å². The Morgan fingerprint density at radius 3 is 1.54 bits per heavy atom. The monoisotopic (exact) mass is 320 g/mol. The lowest BCUT2D eigenvalue weighted by atomic mass is 10.2. The van der Waals surface area contributed by atoms with E-state index in [-0.39, 0.29) is 5.33 Å². The highest BCUT2D eigenvalue weighted by Crippen LogP contribution is 2.28. The number of hydrogen-bond donors (Lipinski definition) is 0. The maximum Gasteiger partial charge on any atom is 0.176 e. The summed E-state index contributed by atoms with van der Waals surface area (Å²) in [5.74, 6) is -5.62. The van der Waals surface area contributed by atoms with Crippen LogP contribution < -0.4 is 0 Å². The zero-order chi connectivity index (χ0) is 10.2. The van der Waals surface area contributed by atoms with Crippen LogP contribution in [0.15, 0.2) is 4.47 Å². The first-order chi connectivity index (χ1) is 6.00. The van der Waals surface area contributed by atoms with Gasteiger partial charge in [-0.15, -0.1) is 0 Å². The van der Waals surface area contributed by atoms with Crippen LogP contribution in [0.25, 0.3) is 0 Å². The molecule has 0 aliphatic carbocycles. The molecule has 0 aromatic heterocycles. The van der Waals surface area contributed by atoms with Crippen LogP contribution >= 0.6 is 31.9 Å². The Morgan fingerprint density at radius 1 is 0.846 bits per heavy atom. The van der Waals surface area contributed by atoms with Gasteiger partial charge in [0.05, 0.1) is 4.47 Å². The molecule has 0 N–H and O–H groups in total. The molecule has 0 spiro atoms. The minimum absolute atomic E-state index is 0.286. The van der Waals surface area contributed by atoms with E-state index in [0.717, 1.165) is 0 Å². The van der Waals surface area contributed by atoms with Crippen molar-refractivity contribution in [3.05, 3.63) is 33.3 Å². The van der Waals surface area contributed by atoms with Crippen molar-refractivity contribution in [1.82, 2.24) is 0 Å². The van der Waals surface area contributed by atoms with Crippen molar-refractivity contribution in [2.75, 3.05) is 0 Å². The summed E-state index contributed by atoms with van der Waals surface area (Å²) >= 11 is 5.12. The third-order valence-corrected chi connectivity index (χ3v) is 2.69. The molecule has 0 radical (unpaired) electrons. The average Bonchev–Trinajstić information content (AvgIpc) is 2.13. The Hall–Kier alpha value is -0.100. The van der Waals surface area contributed by atoms with Crippen molar-refractivity contribution < 1.29 is 17.6 Å². The summed E-state index contributed by atoms with van der Waals surface area (Å²) in [6, 6.07) is 0. The number of halogens is 6. The average molecular weight is 322 g/mol. The molecule has 0 bridgehead atoms. The van der Waals surface area contributed by atoms with Crippen LogP contribution in [-0.2, 0) is 5.33 Å². The molecule has 72 valence electrons. The van der Waals surface area contributed by atoms with E-state index in [2.05, 4.69) is 31.9 Å². The molecule has 0 aliphatic rings. The summed E-state index contributed by atoms with van der Waals surface area (Å²) in [6.45, 7) is 0. The van der Waals surface area contributed by atoms with Crippen LogP contribution in [0, 0.1) is 23.3 Å². The van der Waals surface area contributed by atoms with E-state index in [4.69, 9.17) is 0 Å². The molecule has 6 heteroatoms. The van der Waals surface area contributed by atoms with Crippen LogP contribution in [0.1, 0.15) is 5.56 Å². The standard InChI is InChI=1S/C7H2Br2F4/c8-1-2-4(10)6(12)3(9)7(13)5(2)11/h1H2. The second kappa shape index (κ2) is 3.96. The molecule has 0 aliphatic heterocycles. The summed E-state index contributed by atoms with van der Waals surface area (Å²) in [5.41, 5.74) is -0.654. The maximum absolute atomic E-state index is 12.9. The largest absolute Gasteiger partial charge is 0.203 e. The van der Waals surface area contributed by atoms with Crippen molar-refractivity contribution >= 4 is 31.9 Å². The van der Waals surface area contributed by atoms with Gasteiger partial charge in [-0.25, -0.2) is 17.6 Å². The van der Waals surface area contributed by atoms with Gasteiger partial charge in [-0.2, -0.15) is 0 Å². The molecule has 0 amide bonds. The van der Waals surface area contributed by atoms with Gasteiger partial charge < -0.3 is 0 Å². The van der Waals surface area contributed by atoms with Crippen molar-refractivity contribution in [2.24, 2.45) is 0 Å². The van der Waals surface area contributed by atoms with Crippen LogP contribution in [0.5, 0.6) is 0 Å². The summed E-state index contributed by atoms with van der Waals surface area (Å²) in [6.07, 6.45) is 0. The van der Waals surface area contributed by atoms with Gasteiger partial charge in [0.15, 0.2) is 23.3 Å². The zero-order valence-corrected chi connectivity index (χ0v) is 9.15. The molecule has 0 atom stereocenters. The summed E-state index contributed by atoms with van der Waals surface area (Å²) < 4.78 is 50.4. The molecule has 0 nitrogen and oxygen atoms in total. The molecule has 0 heterocycles. The van der Waals surface area contributed by atoms with Crippen LogP contribution in [0.3, 0.4) is 0 Å². The Kier molecular flexibility index (Phi) is 3.34. The zero-order valence-electron chi connectivity index (χ0n) is 5.97. The van der Waals surface area contributed by atoms with E-state index in [9.17, 15) is 17.6 Å². The summed E-state index contributed by atoms with van der Waals surface area (Å²) in [4.78, 5) is 0. The molecular weight excluding hydrogens is 320 g/mol. The van der Waals surface area contributed by atoms with Gasteiger partial charge in [0.1, 0.15) is 0 Å². The smallest absolute Gasteiger partial charge is 0.176 e. The molecule has 1 aromatic rings. The lowest BCUT2D eigenvalue weighted by molar-refractivity contribution is 0.437. The van der Waals surface area contributed by atoms with Gasteiger partial charge in [0.2, 0.25) is 0 Å². The van der Waals surface area contributed by atoms with Gasteiger partial charge in [-0.1, -0.05) is 15.9 Å². The third-order valence-electron chi connectivity index (χ3n) is 1.43. The molecule has 1 rings (SSSR count). The highest BCUT2D eigenvalue weighted by molar-refractivity contribution is 9.10. The Balaban J connectivity index is 3.56. The minimum Gasteiger partial charge on any atom is -0.203 e. The quantitative estimate of drug-likeness (QED) is 0.318. The number of alkyl halides is 1. The predicted octanol–water partition coefficient (Wildman–Crippen LogP) is 3.90. The van der Waals surface area contributed by atoms with E-state index in [1.165, 1.54) is 0 Å². The van der Waals surface area contributed by atoms with Crippen LogP contribution in [-0.4, -0.2) is 0 Å². The second-order valence-electron chi connectivity index (χ2n) is 2.18. The number of hydrogen-bond acceptors (Lipinski definition) is 0. The number of rotatable bonds is 1. The highest BCUT2D eigenvalue weighted by Gasteiger charge is 2.22. The van der Waals surface area contributed by atoms with E-state index >= 15 is 0 Å². The van der Waals surface area contributed by atoms with E-state index in [1.54, 1.807) is 0 Å². The first-order valence-electron chi connectivity index (χ1n) is 3.07. The fourth-order valence-electron chi connectivity index (χ4n) is 0.768. The lowest BCUT2D eigenvalue weighted by Gasteiger charge is -2.05. The molecular formula is C7H2Br2F4. The van der Waals surface area contributed by atoms with Crippen molar-refractivity contribution in [1.29, 1.82) is 0 Å². The van der Waals surface area contributed by atoms with Gasteiger partial charge >= 0.3 is 0 Å². The molecule has 13 heavy (non-hydrogen) atoms. The van der Waals surface area contributed by atoms with Gasteiger partial charge in [-0.3, -0.25) is 0 Å². The van der Waals surface area contributed by atoms with E-state index in [0.29, 0.717) is 0 Å². The Morgan fingerprint density at radius 2 is 1.23 bits per heavy atom. The molecule has 0 fully saturated rings. The maximum atomic E-state index is 12.9. The predicted molar refractivity (Wildman–Crippen MR) is 46.6 cm³/mol. The molecule has 0 saturated carbocycles. The van der Waals surface area contributed by atoms with Crippen molar-refractivity contribution in [2.45, 2.75) is 5.33 Å². The normalized spacial score (nSPS) is 10.6. The fraction of sp³-hybridized carbons (Fsp3) is 0.143. The highest BCUT2D eigenvalue weighted by atomic mass is 79.9. The van der Waals surface area contributed by atoms with Gasteiger partial charge in [-0.05, 0) is 15.9 Å². The Bertz CT molecular complexity index is 322. The first kappa shape index (κ1) is 11.0. The fourth-order valence-corrected chi connectivity index (χ4v) is 1.61. The molecule has 0 unspecified atom stereocenters. The van der Waals surface area contributed by atoms with Crippen LogP contribution in [0.2, 0.25) is 0 Å². The second-order valence-corrected chi connectivity index (χ2v) is 3.54. The molecule has 1 aromatic carbocycles. The van der Waals surface area contributed by atoms with E-state index in [1.807, 2.05) is 0 Å². The molecule has 0 saturated heterocycles. The first-order valence-corrected chi connectivity index (χ1v) is 4.98.